The van der Waals surface area contributed by atoms with E-state index >= 15 is 0 Å². The number of aliphatic hydroxyl groups is 1. The fourth-order valence-corrected chi connectivity index (χ4v) is 3.42. The second kappa shape index (κ2) is 6.90. The number of thioether (sulfide) groups is 1. The zero-order valence-electron chi connectivity index (χ0n) is 12.6. The average Bonchev–Trinajstić information content (AvgIpc) is 2.94. The molecule has 1 aromatic carbocycles. The number of carbonyl (C=O) groups is 1. The fraction of sp³-hybridized carbons (Fsp3) is 0.400. The summed E-state index contributed by atoms with van der Waals surface area (Å²) in [6.45, 7) is 2.88. The summed E-state index contributed by atoms with van der Waals surface area (Å²) in [5.41, 5.74) is 0.545. The van der Waals surface area contributed by atoms with E-state index in [1.807, 2.05) is 24.3 Å². The number of nitrogens with zero attached hydrogens (tertiary/aromatic N) is 4. The van der Waals surface area contributed by atoms with E-state index in [0.29, 0.717) is 29.6 Å². The van der Waals surface area contributed by atoms with Gasteiger partial charge in [0.1, 0.15) is 5.69 Å². The standard InChI is InChI=1S/C15H17ClN4O2S/c1-10(21)13-8-20(18-17-13)11-6-19(7-11)15(22)9-23-14-5-3-2-4-12(14)16/h2-5,8,10-11,21H,6-7,9H2,1H3/t10-/m0/s1. The lowest BCUT2D eigenvalue weighted by Crippen LogP contribution is -2.51. The average molecular weight is 353 g/mol. The number of halogens is 1. The highest BCUT2D eigenvalue weighted by molar-refractivity contribution is 8.00. The maximum absolute atomic E-state index is 12.2. The minimum absolute atomic E-state index is 0.0852. The van der Waals surface area contributed by atoms with E-state index in [1.54, 1.807) is 22.7 Å². The number of likely N-dealkylation sites (tertiary alicyclic amines) is 1. The molecule has 2 heterocycles. The Hall–Kier alpha value is -1.57. The van der Waals surface area contributed by atoms with Crippen LogP contribution in [0.5, 0.6) is 0 Å². The number of amides is 1. The summed E-state index contributed by atoms with van der Waals surface area (Å²) in [7, 11) is 0. The maximum atomic E-state index is 12.2. The molecule has 6 nitrogen and oxygen atoms in total. The summed E-state index contributed by atoms with van der Waals surface area (Å²) < 4.78 is 1.72. The van der Waals surface area contributed by atoms with E-state index in [-0.39, 0.29) is 11.9 Å². The van der Waals surface area contributed by atoms with Crippen LogP contribution in [-0.4, -0.2) is 49.7 Å². The van der Waals surface area contributed by atoms with Crippen LogP contribution in [0.4, 0.5) is 0 Å². The SMILES string of the molecule is C[C@H](O)c1cn(C2CN(C(=O)CSc3ccccc3Cl)C2)nn1. The molecule has 1 aliphatic rings. The highest BCUT2D eigenvalue weighted by atomic mass is 35.5. The van der Waals surface area contributed by atoms with Crippen molar-refractivity contribution in [3.05, 3.63) is 41.2 Å². The predicted octanol–water partition coefficient (Wildman–Crippen LogP) is 2.16. The molecule has 0 unspecified atom stereocenters. The van der Waals surface area contributed by atoms with Crippen molar-refractivity contribution in [3.8, 4) is 0 Å². The summed E-state index contributed by atoms with van der Waals surface area (Å²) in [6, 6.07) is 7.63. The van der Waals surface area contributed by atoms with Crippen molar-refractivity contribution in [2.75, 3.05) is 18.8 Å². The van der Waals surface area contributed by atoms with Gasteiger partial charge in [-0.1, -0.05) is 28.9 Å². The zero-order chi connectivity index (χ0) is 16.4. The largest absolute Gasteiger partial charge is 0.387 e. The second-order valence-electron chi connectivity index (χ2n) is 5.47. The molecule has 1 atom stereocenters. The van der Waals surface area contributed by atoms with Crippen LogP contribution >= 0.6 is 23.4 Å². The van der Waals surface area contributed by atoms with Crippen LogP contribution in [0.2, 0.25) is 5.02 Å². The first-order chi connectivity index (χ1) is 11.0. The van der Waals surface area contributed by atoms with Crippen LogP contribution in [0.25, 0.3) is 0 Å². The molecular formula is C15H17ClN4O2S. The van der Waals surface area contributed by atoms with Gasteiger partial charge in [-0.3, -0.25) is 4.79 Å². The minimum Gasteiger partial charge on any atom is -0.387 e. The van der Waals surface area contributed by atoms with Crippen molar-refractivity contribution in [2.45, 2.75) is 24.0 Å². The van der Waals surface area contributed by atoms with Gasteiger partial charge in [-0.25, -0.2) is 4.68 Å². The molecule has 1 aromatic heterocycles. The number of aromatic nitrogens is 3. The molecule has 1 saturated heterocycles. The molecule has 0 radical (unpaired) electrons. The zero-order valence-corrected chi connectivity index (χ0v) is 14.2. The first-order valence-electron chi connectivity index (χ1n) is 7.29. The van der Waals surface area contributed by atoms with Crippen molar-refractivity contribution in [1.82, 2.24) is 19.9 Å². The van der Waals surface area contributed by atoms with Crippen molar-refractivity contribution >= 4 is 29.3 Å². The molecule has 1 N–H and O–H groups in total. The molecule has 3 rings (SSSR count). The summed E-state index contributed by atoms with van der Waals surface area (Å²) in [5.74, 6) is 0.453. The molecule has 8 heteroatoms. The van der Waals surface area contributed by atoms with Crippen LogP contribution in [0.1, 0.15) is 24.8 Å². The molecule has 122 valence electrons. The Labute approximate surface area is 143 Å². The molecule has 0 aliphatic carbocycles. The van der Waals surface area contributed by atoms with Gasteiger partial charge < -0.3 is 10.0 Å². The Balaban J connectivity index is 1.49. The van der Waals surface area contributed by atoms with Gasteiger partial charge in [0.25, 0.3) is 0 Å². The normalized spacial score (nSPS) is 16.2. The molecule has 2 aromatic rings. The third kappa shape index (κ3) is 3.68. The van der Waals surface area contributed by atoms with Gasteiger partial charge in [-0.2, -0.15) is 0 Å². The Morgan fingerprint density at radius 2 is 2.22 bits per heavy atom. The van der Waals surface area contributed by atoms with Crippen molar-refractivity contribution < 1.29 is 9.90 Å². The molecular weight excluding hydrogens is 336 g/mol. The van der Waals surface area contributed by atoms with Gasteiger partial charge in [-0.15, -0.1) is 16.9 Å². The lowest BCUT2D eigenvalue weighted by molar-refractivity contribution is -0.134. The molecule has 1 amide bonds. The third-order valence-corrected chi connectivity index (χ3v) is 5.23. The van der Waals surface area contributed by atoms with E-state index in [0.717, 1.165) is 4.90 Å². The highest BCUT2D eigenvalue weighted by Crippen LogP contribution is 2.28. The Kier molecular flexibility index (Phi) is 4.89. The number of benzene rings is 1. The van der Waals surface area contributed by atoms with Crippen LogP contribution in [0, 0.1) is 0 Å². The van der Waals surface area contributed by atoms with Crippen LogP contribution in [0.15, 0.2) is 35.4 Å². The quantitative estimate of drug-likeness (QED) is 0.835. The molecule has 1 aliphatic heterocycles. The predicted molar refractivity (Wildman–Crippen MR) is 88.4 cm³/mol. The number of carbonyl (C=O) groups excluding carboxylic acids is 1. The van der Waals surface area contributed by atoms with E-state index in [2.05, 4.69) is 10.3 Å². The first kappa shape index (κ1) is 16.3. The van der Waals surface area contributed by atoms with Gasteiger partial charge >= 0.3 is 0 Å². The summed E-state index contributed by atoms with van der Waals surface area (Å²) in [4.78, 5) is 14.9. The highest BCUT2D eigenvalue weighted by Gasteiger charge is 2.32. The van der Waals surface area contributed by atoms with E-state index in [4.69, 9.17) is 11.6 Å². The Morgan fingerprint density at radius 1 is 1.48 bits per heavy atom. The summed E-state index contributed by atoms with van der Waals surface area (Å²) >= 11 is 7.53. The number of hydrogen-bond acceptors (Lipinski definition) is 5. The lowest BCUT2D eigenvalue weighted by atomic mass is 10.1. The van der Waals surface area contributed by atoms with Gasteiger partial charge in [0, 0.05) is 18.0 Å². The molecule has 23 heavy (non-hydrogen) atoms. The van der Waals surface area contributed by atoms with Gasteiger partial charge in [-0.05, 0) is 19.1 Å². The van der Waals surface area contributed by atoms with E-state index in [9.17, 15) is 9.90 Å². The summed E-state index contributed by atoms with van der Waals surface area (Å²) in [6.07, 6.45) is 1.10. The topological polar surface area (TPSA) is 71.2 Å². The first-order valence-corrected chi connectivity index (χ1v) is 8.66. The van der Waals surface area contributed by atoms with Crippen LogP contribution in [0.3, 0.4) is 0 Å². The monoisotopic (exact) mass is 352 g/mol. The smallest absolute Gasteiger partial charge is 0.233 e. The molecule has 1 fully saturated rings. The minimum atomic E-state index is -0.631. The van der Waals surface area contributed by atoms with Crippen LogP contribution in [-0.2, 0) is 4.79 Å². The third-order valence-electron chi connectivity index (χ3n) is 3.73. The number of hydrogen-bond donors (Lipinski definition) is 1. The number of rotatable bonds is 5. The molecule has 0 saturated carbocycles. The van der Waals surface area contributed by atoms with Crippen LogP contribution < -0.4 is 0 Å². The molecule has 0 spiro atoms. The molecule has 0 bridgehead atoms. The van der Waals surface area contributed by atoms with Gasteiger partial charge in [0.15, 0.2) is 0 Å². The second-order valence-corrected chi connectivity index (χ2v) is 6.90. The van der Waals surface area contributed by atoms with Crippen molar-refractivity contribution in [3.63, 3.8) is 0 Å². The number of aliphatic hydroxyl groups excluding tert-OH is 1. The van der Waals surface area contributed by atoms with Gasteiger partial charge in [0.05, 0.1) is 29.1 Å². The lowest BCUT2D eigenvalue weighted by Gasteiger charge is -2.38. The Morgan fingerprint density at radius 3 is 2.87 bits per heavy atom. The maximum Gasteiger partial charge on any atom is 0.233 e. The summed E-state index contributed by atoms with van der Waals surface area (Å²) in [5, 5.41) is 18.0. The fourth-order valence-electron chi connectivity index (χ4n) is 2.28. The van der Waals surface area contributed by atoms with Crippen molar-refractivity contribution in [1.29, 1.82) is 0 Å². The van der Waals surface area contributed by atoms with Gasteiger partial charge in [0.2, 0.25) is 5.91 Å². The van der Waals surface area contributed by atoms with E-state index in [1.165, 1.54) is 11.8 Å². The van der Waals surface area contributed by atoms with E-state index < -0.39 is 6.10 Å². The Bertz CT molecular complexity index is 700. The van der Waals surface area contributed by atoms with Crippen molar-refractivity contribution in [2.24, 2.45) is 0 Å².